The Hall–Kier alpha value is -3.61. The van der Waals surface area contributed by atoms with Gasteiger partial charge in [-0.15, -0.1) is 0 Å². The van der Waals surface area contributed by atoms with E-state index in [4.69, 9.17) is 0 Å². The van der Waals surface area contributed by atoms with Crippen LogP contribution in [0.3, 0.4) is 0 Å². The van der Waals surface area contributed by atoms with Gasteiger partial charge in [0.2, 0.25) is 0 Å². The topological polar surface area (TPSA) is 99.5 Å². The first-order valence-corrected chi connectivity index (χ1v) is 8.39. The van der Waals surface area contributed by atoms with Crippen molar-refractivity contribution in [3.05, 3.63) is 80.8 Å². The van der Waals surface area contributed by atoms with Gasteiger partial charge >= 0.3 is 0 Å². The number of aryl methyl sites for hydroxylation is 3. The third-order valence-corrected chi connectivity index (χ3v) is 4.37. The summed E-state index contributed by atoms with van der Waals surface area (Å²) in [4.78, 5) is 24.7. The molecule has 0 saturated carbocycles. The molecular weight excluding hydrogens is 344 g/mol. The highest BCUT2D eigenvalue weighted by Gasteiger charge is 2.12. The highest BCUT2D eigenvalue weighted by atomic mass is 16.3. The summed E-state index contributed by atoms with van der Waals surface area (Å²) < 4.78 is 1.44. The van der Waals surface area contributed by atoms with Gasteiger partial charge in [-0.3, -0.25) is 14.7 Å². The van der Waals surface area contributed by atoms with Gasteiger partial charge in [0.15, 0.2) is 0 Å². The zero-order valence-electron chi connectivity index (χ0n) is 15.3. The van der Waals surface area contributed by atoms with Gasteiger partial charge in [-0.1, -0.05) is 18.2 Å². The minimum atomic E-state index is -0.563. The third kappa shape index (κ3) is 3.67. The molecule has 0 bridgehead atoms. The van der Waals surface area contributed by atoms with E-state index in [1.54, 1.807) is 19.1 Å². The van der Waals surface area contributed by atoms with Crippen LogP contribution >= 0.6 is 0 Å². The number of aromatic amines is 1. The first-order chi connectivity index (χ1) is 12.9. The standard InChI is InChI=1S/C20H20N4O3/c1-12-8-9-15(10-13(12)2)24-20(27)17(14(3)23-24)11-21-22-19(26)16-6-4-5-7-18(16)25/h4-11,23,25H,1-3H3,(H,22,26)/b21-11+. The van der Waals surface area contributed by atoms with E-state index in [0.717, 1.165) is 16.8 Å². The summed E-state index contributed by atoms with van der Waals surface area (Å²) in [6, 6.07) is 11.9. The minimum absolute atomic E-state index is 0.105. The molecule has 0 spiro atoms. The van der Waals surface area contributed by atoms with Crippen LogP contribution in [0.15, 0.2) is 52.4 Å². The summed E-state index contributed by atoms with van der Waals surface area (Å²) in [5.41, 5.74) is 6.07. The maximum Gasteiger partial charge on any atom is 0.280 e. The molecule has 3 rings (SSSR count). The van der Waals surface area contributed by atoms with E-state index in [1.807, 2.05) is 32.0 Å². The molecular formula is C20H20N4O3. The van der Waals surface area contributed by atoms with Crippen LogP contribution in [0.1, 0.15) is 32.7 Å². The highest BCUT2D eigenvalue weighted by molar-refractivity contribution is 5.97. The van der Waals surface area contributed by atoms with Gasteiger partial charge in [0.05, 0.1) is 23.0 Å². The first kappa shape index (κ1) is 18.2. The van der Waals surface area contributed by atoms with Crippen molar-refractivity contribution < 1.29 is 9.90 Å². The minimum Gasteiger partial charge on any atom is -0.507 e. The number of H-pyrrole nitrogens is 1. The van der Waals surface area contributed by atoms with Crippen molar-refractivity contribution in [3.63, 3.8) is 0 Å². The van der Waals surface area contributed by atoms with Gasteiger partial charge in [0, 0.05) is 5.69 Å². The van der Waals surface area contributed by atoms with Crippen LogP contribution in [-0.2, 0) is 0 Å². The summed E-state index contributed by atoms with van der Waals surface area (Å²) in [6.45, 7) is 5.74. The summed E-state index contributed by atoms with van der Waals surface area (Å²) in [6.07, 6.45) is 1.30. The van der Waals surface area contributed by atoms with Crippen LogP contribution in [0, 0.1) is 20.8 Å². The number of amides is 1. The number of hydrogen-bond acceptors (Lipinski definition) is 4. The summed E-state index contributed by atoms with van der Waals surface area (Å²) in [5.74, 6) is -0.702. The Morgan fingerprint density at radius 1 is 1.15 bits per heavy atom. The van der Waals surface area contributed by atoms with Crippen LogP contribution in [0.5, 0.6) is 5.75 Å². The molecule has 2 aromatic carbocycles. The van der Waals surface area contributed by atoms with Crippen LogP contribution in [0.4, 0.5) is 0 Å². The smallest absolute Gasteiger partial charge is 0.280 e. The molecule has 7 heteroatoms. The Balaban J connectivity index is 1.84. The highest BCUT2D eigenvalue weighted by Crippen LogP contribution is 2.15. The summed E-state index contributed by atoms with van der Waals surface area (Å²) >= 11 is 0. The Morgan fingerprint density at radius 2 is 1.89 bits per heavy atom. The fraction of sp³-hybridized carbons (Fsp3) is 0.150. The molecule has 0 atom stereocenters. The van der Waals surface area contributed by atoms with Gasteiger partial charge in [-0.05, 0) is 56.2 Å². The van der Waals surface area contributed by atoms with Gasteiger partial charge in [0.25, 0.3) is 11.5 Å². The maximum absolute atomic E-state index is 12.7. The lowest BCUT2D eigenvalue weighted by atomic mass is 10.1. The summed E-state index contributed by atoms with van der Waals surface area (Å²) in [5, 5.41) is 16.6. The SMILES string of the molecule is Cc1ccc(-n2[nH]c(C)c(/C=N/NC(=O)c3ccccc3O)c2=O)cc1C. The zero-order valence-corrected chi connectivity index (χ0v) is 15.3. The number of hydrazone groups is 1. The first-order valence-electron chi connectivity index (χ1n) is 8.39. The largest absolute Gasteiger partial charge is 0.507 e. The van der Waals surface area contributed by atoms with E-state index in [1.165, 1.54) is 23.0 Å². The van der Waals surface area contributed by atoms with Crippen molar-refractivity contribution in [1.82, 2.24) is 15.2 Å². The molecule has 0 aliphatic rings. The molecule has 0 fully saturated rings. The van der Waals surface area contributed by atoms with Crippen LogP contribution < -0.4 is 11.0 Å². The second-order valence-corrected chi connectivity index (χ2v) is 6.28. The zero-order chi connectivity index (χ0) is 19.6. The number of carbonyl (C=O) groups excluding carboxylic acids is 1. The molecule has 0 aliphatic carbocycles. The van der Waals surface area contributed by atoms with E-state index < -0.39 is 5.91 Å². The van der Waals surface area contributed by atoms with Gasteiger partial charge in [-0.25, -0.2) is 10.1 Å². The monoisotopic (exact) mass is 364 g/mol. The number of carbonyl (C=O) groups is 1. The lowest BCUT2D eigenvalue weighted by Crippen LogP contribution is -2.20. The molecule has 3 N–H and O–H groups in total. The van der Waals surface area contributed by atoms with Crippen LogP contribution in [-0.4, -0.2) is 27.0 Å². The molecule has 1 amide bonds. The Bertz CT molecular complexity index is 1090. The van der Waals surface area contributed by atoms with Crippen LogP contribution in [0.25, 0.3) is 5.69 Å². The maximum atomic E-state index is 12.7. The van der Waals surface area contributed by atoms with Gasteiger partial charge in [-0.2, -0.15) is 5.10 Å². The number of hydrogen-bond donors (Lipinski definition) is 3. The Morgan fingerprint density at radius 3 is 2.59 bits per heavy atom. The second-order valence-electron chi connectivity index (χ2n) is 6.28. The van der Waals surface area contributed by atoms with E-state index in [2.05, 4.69) is 15.6 Å². The molecule has 1 aromatic heterocycles. The van der Waals surface area contributed by atoms with E-state index in [-0.39, 0.29) is 16.9 Å². The molecule has 0 radical (unpaired) electrons. The molecule has 3 aromatic rings. The van der Waals surface area contributed by atoms with Crippen molar-refractivity contribution in [2.24, 2.45) is 5.10 Å². The van der Waals surface area contributed by atoms with Gasteiger partial charge < -0.3 is 5.11 Å². The second kappa shape index (κ2) is 7.33. The Labute approximate surface area is 156 Å². The molecule has 27 heavy (non-hydrogen) atoms. The number of aromatic nitrogens is 2. The predicted molar refractivity (Wildman–Crippen MR) is 104 cm³/mol. The molecule has 1 heterocycles. The van der Waals surface area contributed by atoms with Crippen molar-refractivity contribution in [2.45, 2.75) is 20.8 Å². The van der Waals surface area contributed by atoms with Crippen molar-refractivity contribution >= 4 is 12.1 Å². The van der Waals surface area contributed by atoms with Crippen LogP contribution in [0.2, 0.25) is 0 Å². The molecule has 0 unspecified atom stereocenters. The van der Waals surface area contributed by atoms with Crippen molar-refractivity contribution in [1.29, 1.82) is 0 Å². The predicted octanol–water partition coefficient (Wildman–Crippen LogP) is 2.56. The third-order valence-electron chi connectivity index (χ3n) is 4.37. The molecule has 0 saturated heterocycles. The lowest BCUT2D eigenvalue weighted by Gasteiger charge is -2.05. The number of phenolic OH excluding ortho intramolecular Hbond substituents is 1. The van der Waals surface area contributed by atoms with E-state index >= 15 is 0 Å². The summed E-state index contributed by atoms with van der Waals surface area (Å²) in [7, 11) is 0. The van der Waals surface area contributed by atoms with Crippen molar-refractivity contribution in [2.75, 3.05) is 0 Å². The van der Waals surface area contributed by atoms with Crippen molar-refractivity contribution in [3.8, 4) is 11.4 Å². The molecule has 138 valence electrons. The van der Waals surface area contributed by atoms with E-state index in [9.17, 15) is 14.7 Å². The number of rotatable bonds is 4. The average Bonchev–Trinajstić information content (AvgIpc) is 2.92. The number of nitrogens with one attached hydrogen (secondary N) is 2. The lowest BCUT2D eigenvalue weighted by molar-refractivity contribution is 0.0952. The fourth-order valence-corrected chi connectivity index (χ4v) is 2.64. The number of nitrogens with zero attached hydrogens (tertiary/aromatic N) is 2. The normalized spacial score (nSPS) is 11.1. The number of benzene rings is 2. The average molecular weight is 364 g/mol. The quantitative estimate of drug-likeness (QED) is 0.490. The van der Waals surface area contributed by atoms with E-state index in [0.29, 0.717) is 11.3 Å². The number of para-hydroxylation sites is 1. The number of phenols is 1. The fourth-order valence-electron chi connectivity index (χ4n) is 2.64. The molecule has 7 nitrogen and oxygen atoms in total. The number of aromatic hydroxyl groups is 1. The Kier molecular flexibility index (Phi) is 4.94. The van der Waals surface area contributed by atoms with Gasteiger partial charge in [0.1, 0.15) is 5.75 Å². The molecule has 0 aliphatic heterocycles.